The fourth-order valence-electron chi connectivity index (χ4n) is 2.91. The van der Waals surface area contributed by atoms with Crippen molar-refractivity contribution >= 4 is 0 Å². The highest BCUT2D eigenvalue weighted by Crippen LogP contribution is 2.40. The van der Waals surface area contributed by atoms with Crippen LogP contribution >= 0.6 is 0 Å². The SMILES string of the molecule is Cc1cc(C(N)CC2Cc3ccccc32)ccc1F. The lowest BCUT2D eigenvalue weighted by Crippen LogP contribution is -2.22. The second-order valence-electron chi connectivity index (χ2n) is 5.45. The molecule has 0 spiro atoms. The summed E-state index contributed by atoms with van der Waals surface area (Å²) in [5, 5.41) is 0. The van der Waals surface area contributed by atoms with E-state index in [1.54, 1.807) is 13.0 Å². The quantitative estimate of drug-likeness (QED) is 0.885. The molecule has 2 N–H and O–H groups in total. The molecule has 0 aromatic heterocycles. The zero-order chi connectivity index (χ0) is 13.4. The van der Waals surface area contributed by atoms with E-state index < -0.39 is 0 Å². The van der Waals surface area contributed by atoms with Gasteiger partial charge in [-0.25, -0.2) is 4.39 Å². The second kappa shape index (κ2) is 4.78. The van der Waals surface area contributed by atoms with E-state index in [0.717, 1.165) is 18.4 Å². The number of nitrogens with two attached hydrogens (primary N) is 1. The van der Waals surface area contributed by atoms with Crippen LogP contribution in [-0.4, -0.2) is 0 Å². The van der Waals surface area contributed by atoms with Crippen LogP contribution in [0.2, 0.25) is 0 Å². The van der Waals surface area contributed by atoms with Crippen molar-refractivity contribution in [2.45, 2.75) is 31.7 Å². The van der Waals surface area contributed by atoms with Gasteiger partial charge in [0.1, 0.15) is 5.82 Å². The molecule has 1 aliphatic carbocycles. The predicted octanol–water partition coefficient (Wildman–Crippen LogP) is 3.86. The van der Waals surface area contributed by atoms with Gasteiger partial charge in [0.2, 0.25) is 0 Å². The minimum atomic E-state index is -0.162. The lowest BCUT2D eigenvalue weighted by molar-refractivity contribution is 0.497. The molecule has 0 fully saturated rings. The van der Waals surface area contributed by atoms with Gasteiger partial charge < -0.3 is 5.73 Å². The van der Waals surface area contributed by atoms with Crippen molar-refractivity contribution in [1.82, 2.24) is 0 Å². The van der Waals surface area contributed by atoms with E-state index in [1.807, 2.05) is 6.07 Å². The first-order valence-corrected chi connectivity index (χ1v) is 6.74. The largest absolute Gasteiger partial charge is 0.324 e. The first kappa shape index (κ1) is 12.4. The standard InChI is InChI=1S/C17H18FN/c1-11-8-13(6-7-16(11)18)17(19)10-14-9-12-4-2-3-5-15(12)14/h2-8,14,17H,9-10,19H2,1H3. The van der Waals surface area contributed by atoms with E-state index in [1.165, 1.54) is 17.2 Å². The summed E-state index contributed by atoms with van der Waals surface area (Å²) in [5.41, 5.74) is 10.8. The molecule has 98 valence electrons. The smallest absolute Gasteiger partial charge is 0.126 e. The van der Waals surface area contributed by atoms with Crippen molar-refractivity contribution in [1.29, 1.82) is 0 Å². The molecule has 0 heterocycles. The van der Waals surface area contributed by atoms with Crippen molar-refractivity contribution in [3.05, 3.63) is 70.5 Å². The summed E-state index contributed by atoms with van der Waals surface area (Å²) >= 11 is 0. The number of aryl methyl sites for hydroxylation is 1. The van der Waals surface area contributed by atoms with Crippen molar-refractivity contribution in [3.63, 3.8) is 0 Å². The Kier molecular flexibility index (Phi) is 3.11. The molecule has 19 heavy (non-hydrogen) atoms. The Morgan fingerprint density at radius 1 is 1.26 bits per heavy atom. The van der Waals surface area contributed by atoms with Crippen molar-refractivity contribution in [3.8, 4) is 0 Å². The first-order valence-electron chi connectivity index (χ1n) is 6.74. The molecule has 2 heteroatoms. The van der Waals surface area contributed by atoms with Gasteiger partial charge in [0.05, 0.1) is 0 Å². The molecule has 0 bridgehead atoms. The number of halogens is 1. The molecule has 0 saturated heterocycles. The average molecular weight is 255 g/mol. The van der Waals surface area contributed by atoms with Crippen molar-refractivity contribution in [2.24, 2.45) is 5.73 Å². The van der Waals surface area contributed by atoms with Crippen LogP contribution < -0.4 is 5.73 Å². The fourth-order valence-corrected chi connectivity index (χ4v) is 2.91. The third-order valence-electron chi connectivity index (χ3n) is 4.11. The second-order valence-corrected chi connectivity index (χ2v) is 5.45. The van der Waals surface area contributed by atoms with Crippen LogP contribution in [0.5, 0.6) is 0 Å². The minimum Gasteiger partial charge on any atom is -0.324 e. The highest BCUT2D eigenvalue weighted by molar-refractivity contribution is 5.40. The molecule has 2 atom stereocenters. The molecule has 1 nitrogen and oxygen atoms in total. The van der Waals surface area contributed by atoms with Crippen LogP contribution in [0.1, 0.15) is 40.6 Å². The number of benzene rings is 2. The molecule has 2 unspecified atom stereocenters. The Labute approximate surface area is 113 Å². The lowest BCUT2D eigenvalue weighted by Gasteiger charge is -2.32. The molecule has 0 saturated carbocycles. The molecule has 0 aliphatic heterocycles. The Morgan fingerprint density at radius 2 is 2.05 bits per heavy atom. The van der Waals surface area contributed by atoms with E-state index in [4.69, 9.17) is 5.73 Å². The summed E-state index contributed by atoms with van der Waals surface area (Å²) in [4.78, 5) is 0. The van der Waals surface area contributed by atoms with Gasteiger partial charge in [-0.3, -0.25) is 0 Å². The summed E-state index contributed by atoms with van der Waals surface area (Å²) in [6, 6.07) is 13.7. The van der Waals surface area contributed by atoms with Crippen LogP contribution in [0.25, 0.3) is 0 Å². The van der Waals surface area contributed by atoms with E-state index in [-0.39, 0.29) is 11.9 Å². The van der Waals surface area contributed by atoms with Gasteiger partial charge in [0, 0.05) is 6.04 Å². The fraction of sp³-hybridized carbons (Fsp3) is 0.294. The topological polar surface area (TPSA) is 26.0 Å². The number of hydrogen-bond donors (Lipinski definition) is 1. The molecular formula is C17H18FN. The van der Waals surface area contributed by atoms with Gasteiger partial charge in [0.25, 0.3) is 0 Å². The predicted molar refractivity (Wildman–Crippen MR) is 75.6 cm³/mol. The van der Waals surface area contributed by atoms with Gasteiger partial charge in [-0.15, -0.1) is 0 Å². The van der Waals surface area contributed by atoms with Crippen molar-refractivity contribution < 1.29 is 4.39 Å². The zero-order valence-electron chi connectivity index (χ0n) is 11.1. The summed E-state index contributed by atoms with van der Waals surface area (Å²) < 4.78 is 13.3. The third kappa shape index (κ3) is 2.28. The summed E-state index contributed by atoms with van der Waals surface area (Å²) in [6.07, 6.45) is 2.05. The highest BCUT2D eigenvalue weighted by Gasteiger charge is 2.27. The maximum absolute atomic E-state index is 13.3. The minimum absolute atomic E-state index is 0.0161. The van der Waals surface area contributed by atoms with Gasteiger partial charge in [0.15, 0.2) is 0 Å². The third-order valence-corrected chi connectivity index (χ3v) is 4.11. The normalized spacial score (nSPS) is 18.6. The number of rotatable bonds is 3. The van der Waals surface area contributed by atoms with Crippen LogP contribution in [0.3, 0.4) is 0 Å². The Balaban J connectivity index is 1.73. The summed E-state index contributed by atoms with van der Waals surface area (Å²) in [6.45, 7) is 1.78. The molecule has 1 aliphatic rings. The van der Waals surface area contributed by atoms with E-state index in [0.29, 0.717) is 11.5 Å². The first-order chi connectivity index (χ1) is 9.15. The lowest BCUT2D eigenvalue weighted by atomic mass is 9.74. The molecule has 2 aromatic carbocycles. The molecule has 0 amide bonds. The zero-order valence-corrected chi connectivity index (χ0v) is 11.1. The van der Waals surface area contributed by atoms with E-state index in [9.17, 15) is 4.39 Å². The molecule has 0 radical (unpaired) electrons. The Bertz CT molecular complexity index is 606. The van der Waals surface area contributed by atoms with Gasteiger partial charge in [-0.1, -0.05) is 36.4 Å². The maximum Gasteiger partial charge on any atom is 0.126 e. The molecular weight excluding hydrogens is 237 g/mol. The highest BCUT2D eigenvalue weighted by atomic mass is 19.1. The van der Waals surface area contributed by atoms with Crippen LogP contribution in [0.15, 0.2) is 42.5 Å². The maximum atomic E-state index is 13.3. The van der Waals surface area contributed by atoms with Crippen LogP contribution in [0.4, 0.5) is 4.39 Å². The Morgan fingerprint density at radius 3 is 2.79 bits per heavy atom. The number of hydrogen-bond acceptors (Lipinski definition) is 1. The van der Waals surface area contributed by atoms with Crippen molar-refractivity contribution in [2.75, 3.05) is 0 Å². The van der Waals surface area contributed by atoms with Crippen LogP contribution in [-0.2, 0) is 6.42 Å². The van der Waals surface area contributed by atoms with Gasteiger partial charge >= 0.3 is 0 Å². The molecule has 3 rings (SSSR count). The Hall–Kier alpha value is -1.67. The van der Waals surface area contributed by atoms with Gasteiger partial charge in [-0.05, 0) is 54.0 Å². The van der Waals surface area contributed by atoms with Gasteiger partial charge in [-0.2, -0.15) is 0 Å². The molecule has 2 aromatic rings. The average Bonchev–Trinajstić information content (AvgIpc) is 2.39. The monoisotopic (exact) mass is 255 g/mol. The summed E-state index contributed by atoms with van der Waals surface area (Å²) in [7, 11) is 0. The number of fused-ring (bicyclic) bond motifs is 1. The van der Waals surface area contributed by atoms with E-state index in [2.05, 4.69) is 24.3 Å². The van der Waals surface area contributed by atoms with Crippen LogP contribution in [0, 0.1) is 12.7 Å². The summed E-state index contributed by atoms with van der Waals surface area (Å²) in [5.74, 6) is 0.390. The van der Waals surface area contributed by atoms with E-state index >= 15 is 0 Å².